The molecule has 2 atom stereocenters. The molecule has 17 heavy (non-hydrogen) atoms. The van der Waals surface area contributed by atoms with Gasteiger partial charge in [0.2, 0.25) is 0 Å². The third kappa shape index (κ3) is 6.84. The molecule has 1 aliphatic carbocycles. The quantitative estimate of drug-likeness (QED) is 0.338. The molecule has 0 aromatic carbocycles. The number of rotatable bonds is 9. The van der Waals surface area contributed by atoms with Crippen LogP contribution in [-0.4, -0.2) is 4.83 Å². The molecule has 2 unspecified atom stereocenters. The Labute approximate surface area is 117 Å². The smallest absolute Gasteiger partial charge is 0.0151 e. The highest BCUT2D eigenvalue weighted by Gasteiger charge is 2.32. The summed E-state index contributed by atoms with van der Waals surface area (Å²) < 4.78 is 0. The van der Waals surface area contributed by atoms with Crippen LogP contribution < -0.4 is 0 Å². The van der Waals surface area contributed by atoms with E-state index in [-0.39, 0.29) is 0 Å². The van der Waals surface area contributed by atoms with Crippen LogP contribution in [0.3, 0.4) is 0 Å². The van der Waals surface area contributed by atoms with Crippen LogP contribution in [0.4, 0.5) is 0 Å². The van der Waals surface area contributed by atoms with Gasteiger partial charge in [-0.05, 0) is 31.1 Å². The fraction of sp³-hybridized carbons (Fsp3) is 1.00. The first-order valence-corrected chi connectivity index (χ1v) is 8.72. The van der Waals surface area contributed by atoms with Crippen LogP contribution >= 0.6 is 15.9 Å². The number of alkyl halides is 1. The summed E-state index contributed by atoms with van der Waals surface area (Å²) in [6.45, 7) is 4.79. The van der Waals surface area contributed by atoms with Gasteiger partial charge in [-0.1, -0.05) is 81.1 Å². The summed E-state index contributed by atoms with van der Waals surface area (Å²) in [5.74, 6) is 0. The summed E-state index contributed by atoms with van der Waals surface area (Å²) in [7, 11) is 0. The van der Waals surface area contributed by atoms with Gasteiger partial charge in [0.15, 0.2) is 0 Å². The average Bonchev–Trinajstić information content (AvgIpc) is 2.63. The largest absolute Gasteiger partial charge is 0.0890 e. The summed E-state index contributed by atoms with van der Waals surface area (Å²) in [6.07, 6.45) is 17.3. The summed E-state index contributed by atoms with van der Waals surface area (Å²) >= 11 is 3.77. The molecule has 0 saturated heterocycles. The molecule has 102 valence electrons. The van der Waals surface area contributed by atoms with Gasteiger partial charge in [-0.3, -0.25) is 0 Å². The maximum absolute atomic E-state index is 3.77. The second-order valence-corrected chi connectivity index (χ2v) is 7.67. The minimum absolute atomic E-state index is 0.663. The van der Waals surface area contributed by atoms with E-state index in [0.717, 1.165) is 4.83 Å². The average molecular weight is 303 g/mol. The second-order valence-electron chi connectivity index (χ2n) is 6.38. The van der Waals surface area contributed by atoms with E-state index in [1.807, 2.05) is 0 Å². The lowest BCUT2D eigenvalue weighted by Crippen LogP contribution is -2.11. The standard InChI is InChI=1S/C16H31Br/c1-3-4-5-6-7-8-9-10-12-16(2)13-11-15(17)14-16/h15H,3-14H2,1-2H3. The fourth-order valence-corrected chi connectivity index (χ4v) is 4.17. The molecule has 0 bridgehead atoms. The molecule has 0 aromatic rings. The first-order valence-electron chi connectivity index (χ1n) is 7.80. The van der Waals surface area contributed by atoms with Gasteiger partial charge in [0, 0.05) is 4.83 Å². The number of unbranched alkanes of at least 4 members (excludes halogenated alkanes) is 7. The van der Waals surface area contributed by atoms with Crippen molar-refractivity contribution in [3.8, 4) is 0 Å². The van der Waals surface area contributed by atoms with Crippen molar-refractivity contribution >= 4 is 15.9 Å². The summed E-state index contributed by atoms with van der Waals surface area (Å²) in [6, 6.07) is 0. The van der Waals surface area contributed by atoms with Gasteiger partial charge in [0.25, 0.3) is 0 Å². The Bertz CT molecular complexity index is 190. The maximum Gasteiger partial charge on any atom is 0.0151 e. The molecule has 1 heteroatoms. The molecule has 0 aliphatic heterocycles. The van der Waals surface area contributed by atoms with E-state index in [0.29, 0.717) is 5.41 Å². The van der Waals surface area contributed by atoms with Crippen LogP contribution in [0.25, 0.3) is 0 Å². The molecule has 0 heterocycles. The Morgan fingerprint density at radius 1 is 1.00 bits per heavy atom. The van der Waals surface area contributed by atoms with E-state index in [9.17, 15) is 0 Å². The first-order chi connectivity index (χ1) is 8.16. The Balaban J connectivity index is 1.90. The molecule has 0 nitrogen and oxygen atoms in total. The third-order valence-electron chi connectivity index (χ3n) is 4.41. The lowest BCUT2D eigenvalue weighted by molar-refractivity contribution is 0.295. The Hall–Kier alpha value is 0.480. The van der Waals surface area contributed by atoms with Gasteiger partial charge in [-0.25, -0.2) is 0 Å². The highest BCUT2D eigenvalue weighted by Crippen LogP contribution is 2.44. The fourth-order valence-electron chi connectivity index (χ4n) is 3.16. The van der Waals surface area contributed by atoms with Crippen LogP contribution in [-0.2, 0) is 0 Å². The summed E-state index contributed by atoms with van der Waals surface area (Å²) in [5, 5.41) is 0. The van der Waals surface area contributed by atoms with Crippen molar-refractivity contribution < 1.29 is 0 Å². The van der Waals surface area contributed by atoms with Crippen molar-refractivity contribution in [3.63, 3.8) is 0 Å². The minimum Gasteiger partial charge on any atom is -0.0890 e. The molecule has 0 N–H and O–H groups in total. The Kier molecular flexibility index (Phi) is 7.82. The molecule has 0 radical (unpaired) electrons. The van der Waals surface area contributed by atoms with E-state index < -0.39 is 0 Å². The highest BCUT2D eigenvalue weighted by atomic mass is 79.9. The van der Waals surface area contributed by atoms with E-state index in [2.05, 4.69) is 29.8 Å². The van der Waals surface area contributed by atoms with Crippen molar-refractivity contribution in [1.29, 1.82) is 0 Å². The lowest BCUT2D eigenvalue weighted by atomic mass is 9.83. The monoisotopic (exact) mass is 302 g/mol. The topological polar surface area (TPSA) is 0 Å². The van der Waals surface area contributed by atoms with Gasteiger partial charge in [0.05, 0.1) is 0 Å². The van der Waals surface area contributed by atoms with Gasteiger partial charge in [-0.15, -0.1) is 0 Å². The molecule has 1 fully saturated rings. The van der Waals surface area contributed by atoms with Crippen LogP contribution in [0.2, 0.25) is 0 Å². The predicted octanol–water partition coefficient (Wildman–Crippen LogP) is 6.47. The van der Waals surface area contributed by atoms with Crippen molar-refractivity contribution in [2.75, 3.05) is 0 Å². The van der Waals surface area contributed by atoms with Crippen LogP contribution in [0.15, 0.2) is 0 Å². The molecule has 0 amide bonds. The zero-order valence-corrected chi connectivity index (χ0v) is 13.5. The lowest BCUT2D eigenvalue weighted by Gasteiger charge is -2.23. The molecule has 1 aliphatic rings. The van der Waals surface area contributed by atoms with E-state index >= 15 is 0 Å². The van der Waals surface area contributed by atoms with Crippen molar-refractivity contribution in [2.45, 2.75) is 95.7 Å². The van der Waals surface area contributed by atoms with E-state index in [1.54, 1.807) is 0 Å². The number of halogens is 1. The molecular weight excluding hydrogens is 272 g/mol. The second kappa shape index (κ2) is 8.56. The van der Waals surface area contributed by atoms with Crippen molar-refractivity contribution in [2.24, 2.45) is 5.41 Å². The first kappa shape index (κ1) is 15.5. The number of hydrogen-bond donors (Lipinski definition) is 0. The summed E-state index contributed by atoms with van der Waals surface area (Å²) in [4.78, 5) is 0.807. The van der Waals surface area contributed by atoms with Crippen LogP contribution in [0.1, 0.15) is 90.9 Å². The molecule has 0 spiro atoms. The van der Waals surface area contributed by atoms with Gasteiger partial charge in [-0.2, -0.15) is 0 Å². The summed E-state index contributed by atoms with van der Waals surface area (Å²) in [5.41, 5.74) is 0.663. The Morgan fingerprint density at radius 3 is 2.12 bits per heavy atom. The molecular formula is C16H31Br. The van der Waals surface area contributed by atoms with E-state index in [4.69, 9.17) is 0 Å². The van der Waals surface area contributed by atoms with Crippen LogP contribution in [0.5, 0.6) is 0 Å². The minimum atomic E-state index is 0.663. The van der Waals surface area contributed by atoms with Crippen molar-refractivity contribution in [1.82, 2.24) is 0 Å². The Morgan fingerprint density at radius 2 is 1.59 bits per heavy atom. The highest BCUT2D eigenvalue weighted by molar-refractivity contribution is 9.09. The molecule has 1 saturated carbocycles. The van der Waals surface area contributed by atoms with Crippen molar-refractivity contribution in [3.05, 3.63) is 0 Å². The van der Waals surface area contributed by atoms with Gasteiger partial charge in [0.1, 0.15) is 0 Å². The maximum atomic E-state index is 3.77. The molecule has 1 rings (SSSR count). The van der Waals surface area contributed by atoms with Gasteiger partial charge < -0.3 is 0 Å². The molecule has 0 aromatic heterocycles. The zero-order chi connectivity index (χ0) is 12.6. The normalized spacial score (nSPS) is 28.8. The predicted molar refractivity (Wildman–Crippen MR) is 81.9 cm³/mol. The van der Waals surface area contributed by atoms with Gasteiger partial charge >= 0.3 is 0 Å². The number of hydrogen-bond acceptors (Lipinski definition) is 0. The SMILES string of the molecule is CCCCCCCCCCC1(C)CCC(Br)C1. The zero-order valence-electron chi connectivity index (χ0n) is 11.9. The van der Waals surface area contributed by atoms with Crippen LogP contribution in [0, 0.1) is 5.41 Å². The van der Waals surface area contributed by atoms with E-state index in [1.165, 1.54) is 77.0 Å². The third-order valence-corrected chi connectivity index (χ3v) is 5.19.